The molecular formula is C27H26N6. The number of hydrogen-bond donors (Lipinski definition) is 2. The van der Waals surface area contributed by atoms with Gasteiger partial charge in [-0.1, -0.05) is 0 Å². The number of H-pyrrole nitrogens is 2. The van der Waals surface area contributed by atoms with Crippen LogP contribution in [-0.2, 0) is 0 Å². The lowest BCUT2D eigenvalue weighted by Crippen LogP contribution is -2.27. The normalized spacial score (nSPS) is 15.9. The van der Waals surface area contributed by atoms with E-state index in [1.165, 1.54) is 17.0 Å². The number of aromatic nitrogens is 4. The van der Waals surface area contributed by atoms with E-state index in [1.807, 2.05) is 6.08 Å². The zero-order chi connectivity index (χ0) is 22.7. The summed E-state index contributed by atoms with van der Waals surface area (Å²) in [5, 5.41) is 0. The average molecular weight is 435 g/mol. The van der Waals surface area contributed by atoms with Gasteiger partial charge in [-0.15, -0.1) is 0 Å². The van der Waals surface area contributed by atoms with Gasteiger partial charge in [0.1, 0.15) is 6.17 Å². The van der Waals surface area contributed by atoms with Crippen molar-refractivity contribution in [1.29, 1.82) is 0 Å². The molecule has 6 heteroatoms. The molecule has 0 aromatic carbocycles. The minimum atomic E-state index is 0.117. The van der Waals surface area contributed by atoms with Crippen molar-refractivity contribution in [2.45, 2.75) is 20.0 Å². The van der Waals surface area contributed by atoms with Gasteiger partial charge in [0.2, 0.25) is 0 Å². The first-order chi connectivity index (χ1) is 15.9. The van der Waals surface area contributed by atoms with Gasteiger partial charge >= 0.3 is 0 Å². The van der Waals surface area contributed by atoms with Crippen LogP contribution in [-0.4, -0.2) is 43.8 Å². The van der Waals surface area contributed by atoms with Crippen LogP contribution >= 0.6 is 0 Å². The number of rotatable bonds is 1. The van der Waals surface area contributed by atoms with Crippen LogP contribution < -0.4 is 0 Å². The number of fused-ring (bicyclic) bond motifs is 8. The summed E-state index contributed by atoms with van der Waals surface area (Å²) < 4.78 is 0. The van der Waals surface area contributed by atoms with E-state index in [0.717, 1.165) is 44.8 Å². The van der Waals surface area contributed by atoms with Crippen molar-refractivity contribution in [3.8, 4) is 0 Å². The van der Waals surface area contributed by atoms with Crippen LogP contribution in [0.5, 0.6) is 0 Å². The number of nitrogens with one attached hydrogen (secondary N) is 2. The van der Waals surface area contributed by atoms with E-state index >= 15 is 0 Å². The molecule has 0 saturated carbocycles. The number of allylic oxidation sites excluding steroid dienone is 2. The molecule has 0 spiro atoms. The van der Waals surface area contributed by atoms with Gasteiger partial charge in [0.05, 0.1) is 22.8 Å². The summed E-state index contributed by atoms with van der Waals surface area (Å²) in [6, 6.07) is 14.7. The first kappa shape index (κ1) is 19.6. The topological polar surface area (TPSA) is 63.8 Å². The second kappa shape index (κ2) is 7.24. The van der Waals surface area contributed by atoms with E-state index in [-0.39, 0.29) is 6.17 Å². The monoisotopic (exact) mass is 434 g/mol. The van der Waals surface area contributed by atoms with E-state index in [9.17, 15) is 0 Å². The molecule has 6 rings (SSSR count). The highest BCUT2D eigenvalue weighted by Gasteiger charge is 2.31. The van der Waals surface area contributed by atoms with Crippen LogP contribution in [0.25, 0.3) is 46.4 Å². The number of aromatic amines is 2. The van der Waals surface area contributed by atoms with Crippen LogP contribution in [0.3, 0.4) is 0 Å². The Balaban J connectivity index is 1.63. The van der Waals surface area contributed by atoms with Crippen LogP contribution in [0, 0.1) is 0 Å². The largest absolute Gasteiger partial charge is 0.355 e. The Morgan fingerprint density at radius 1 is 0.636 bits per heavy atom. The predicted octanol–water partition coefficient (Wildman–Crippen LogP) is 5.78. The van der Waals surface area contributed by atoms with E-state index in [1.54, 1.807) is 0 Å². The Hall–Kier alpha value is -4.06. The van der Waals surface area contributed by atoms with Crippen molar-refractivity contribution in [1.82, 2.24) is 29.7 Å². The second-order valence-corrected chi connectivity index (χ2v) is 8.90. The van der Waals surface area contributed by atoms with Gasteiger partial charge in [-0.25, -0.2) is 9.97 Å². The summed E-state index contributed by atoms with van der Waals surface area (Å²) in [6.07, 6.45) is 8.34. The average Bonchev–Trinajstić information content (AvgIpc) is 3.60. The highest BCUT2D eigenvalue weighted by atomic mass is 15.4. The van der Waals surface area contributed by atoms with Crippen LogP contribution in [0.4, 0.5) is 0 Å². The fourth-order valence-electron chi connectivity index (χ4n) is 4.81. The zero-order valence-electron chi connectivity index (χ0n) is 19.2. The summed E-state index contributed by atoms with van der Waals surface area (Å²) in [5.41, 5.74) is 11.6. The summed E-state index contributed by atoms with van der Waals surface area (Å²) in [7, 11) is 4.31. The summed E-state index contributed by atoms with van der Waals surface area (Å²) in [5.74, 6) is 0. The van der Waals surface area contributed by atoms with Crippen molar-refractivity contribution in [3.63, 3.8) is 0 Å². The van der Waals surface area contributed by atoms with E-state index < -0.39 is 0 Å². The first-order valence-electron chi connectivity index (χ1n) is 11.2. The molecular weight excluding hydrogens is 408 g/mol. The molecule has 3 aliphatic rings. The molecule has 3 aliphatic heterocycles. The maximum absolute atomic E-state index is 4.83. The molecule has 6 nitrogen and oxygen atoms in total. The van der Waals surface area contributed by atoms with E-state index in [4.69, 9.17) is 9.97 Å². The lowest BCUT2D eigenvalue weighted by molar-refractivity contribution is 0.194. The molecule has 6 heterocycles. The second-order valence-electron chi connectivity index (χ2n) is 8.90. The Bertz CT molecular complexity index is 1510. The Morgan fingerprint density at radius 2 is 1.12 bits per heavy atom. The predicted molar refractivity (Wildman–Crippen MR) is 135 cm³/mol. The quantitative estimate of drug-likeness (QED) is 0.351. The maximum atomic E-state index is 4.83. The van der Waals surface area contributed by atoms with E-state index in [2.05, 4.69) is 108 Å². The molecule has 0 unspecified atom stereocenters. The van der Waals surface area contributed by atoms with Crippen molar-refractivity contribution in [3.05, 3.63) is 82.2 Å². The fraction of sp³-hybridized carbons (Fsp3) is 0.185. The third kappa shape index (κ3) is 3.35. The fourth-order valence-corrected chi connectivity index (χ4v) is 4.81. The van der Waals surface area contributed by atoms with Crippen LogP contribution in [0.15, 0.2) is 53.9 Å². The molecule has 0 atom stereocenters. The lowest BCUT2D eigenvalue weighted by Gasteiger charge is -2.29. The summed E-state index contributed by atoms with van der Waals surface area (Å²) in [6.45, 7) is 4.35. The SMILES string of the molecule is CC1=C(C)N(C)C(c2cc3cc4nc(cc5ccc(cc6nc(cc2[nH]3)C=C6)[nH]5)C=C4)N1C. The van der Waals surface area contributed by atoms with Crippen LogP contribution in [0.2, 0.25) is 0 Å². The van der Waals surface area contributed by atoms with Gasteiger partial charge in [-0.05, 0) is 80.6 Å². The highest BCUT2D eigenvalue weighted by Crippen LogP contribution is 2.38. The molecule has 3 aromatic heterocycles. The molecule has 0 fully saturated rings. The van der Waals surface area contributed by atoms with Gasteiger partial charge in [0.25, 0.3) is 0 Å². The van der Waals surface area contributed by atoms with Crippen molar-refractivity contribution < 1.29 is 0 Å². The maximum Gasteiger partial charge on any atom is 0.129 e. The van der Waals surface area contributed by atoms with Crippen molar-refractivity contribution >= 4 is 46.4 Å². The van der Waals surface area contributed by atoms with Gasteiger partial charge in [0, 0.05) is 53.1 Å². The van der Waals surface area contributed by atoms with Crippen molar-refractivity contribution in [2.24, 2.45) is 0 Å². The van der Waals surface area contributed by atoms with E-state index in [0.29, 0.717) is 0 Å². The number of hydrogen-bond acceptors (Lipinski definition) is 4. The number of nitrogens with zero attached hydrogens (tertiary/aromatic N) is 4. The van der Waals surface area contributed by atoms with Gasteiger partial charge in [-0.3, -0.25) is 0 Å². The van der Waals surface area contributed by atoms with Crippen molar-refractivity contribution in [2.75, 3.05) is 14.1 Å². The van der Waals surface area contributed by atoms with Crippen LogP contribution in [0.1, 0.15) is 48.4 Å². The first-order valence-corrected chi connectivity index (χ1v) is 11.2. The summed E-state index contributed by atoms with van der Waals surface area (Å²) in [4.78, 5) is 21.3. The van der Waals surface area contributed by atoms with Gasteiger partial charge in [0.15, 0.2) is 0 Å². The molecule has 164 valence electrons. The Kier molecular flexibility index (Phi) is 4.30. The third-order valence-electron chi connectivity index (χ3n) is 6.79. The molecule has 3 aromatic rings. The molecule has 33 heavy (non-hydrogen) atoms. The smallest absolute Gasteiger partial charge is 0.129 e. The highest BCUT2D eigenvalue weighted by molar-refractivity contribution is 5.78. The molecule has 0 radical (unpaired) electrons. The molecule has 0 saturated heterocycles. The minimum absolute atomic E-state index is 0.117. The lowest BCUT2D eigenvalue weighted by atomic mass is 10.1. The minimum Gasteiger partial charge on any atom is -0.355 e. The molecule has 8 bridgehead atoms. The Labute approximate surface area is 192 Å². The zero-order valence-corrected chi connectivity index (χ0v) is 19.2. The van der Waals surface area contributed by atoms with Gasteiger partial charge in [-0.2, -0.15) is 0 Å². The standard InChI is InChI=1S/C27H26N6/c1-16-17(2)33(4)27(32(16)3)25-14-24-13-22-8-7-20(29-22)11-18-5-6-19(28-18)12-21-9-10-23(30-21)15-26(25)31-24/h5-15,27-28,31H,1-4H3. The molecule has 2 N–H and O–H groups in total. The molecule has 0 amide bonds. The molecule has 0 aliphatic carbocycles. The van der Waals surface area contributed by atoms with Gasteiger partial charge < -0.3 is 19.8 Å². The third-order valence-corrected chi connectivity index (χ3v) is 6.79. The summed E-state index contributed by atoms with van der Waals surface area (Å²) >= 11 is 0. The Morgan fingerprint density at radius 3 is 1.67 bits per heavy atom.